The van der Waals surface area contributed by atoms with E-state index in [1.165, 1.54) is 0 Å². The molecule has 0 radical (unpaired) electrons. The molecule has 0 aromatic heterocycles. The molecule has 3 fully saturated rings. The highest BCUT2D eigenvalue weighted by Crippen LogP contribution is 2.65. The first-order chi connectivity index (χ1) is 29.9. The number of para-hydroxylation sites is 1. The van der Waals surface area contributed by atoms with Crippen LogP contribution in [0.5, 0.6) is 5.75 Å². The van der Waals surface area contributed by atoms with E-state index < -0.39 is 53.3 Å². The van der Waals surface area contributed by atoms with Crippen molar-refractivity contribution in [3.63, 3.8) is 0 Å². The maximum Gasteiger partial charge on any atom is 0.324 e. The van der Waals surface area contributed by atoms with E-state index in [9.17, 15) is 10.2 Å². The molecule has 9 rings (SSSR count). The molecule has 12 nitrogen and oxygen atoms in total. The van der Waals surface area contributed by atoms with Crippen LogP contribution in [0, 0.1) is 17.8 Å². The second kappa shape index (κ2) is 17.2. The van der Waals surface area contributed by atoms with Crippen LogP contribution in [-0.4, -0.2) is 85.1 Å². The number of carbonyl (C=O) groups excluding carboxylic acids is 3. The maximum atomic E-state index is 15.6. The van der Waals surface area contributed by atoms with E-state index in [1.807, 2.05) is 114 Å². The summed E-state index contributed by atoms with van der Waals surface area (Å²) in [7, 11) is 0. The number of fused-ring (bicyclic) bond motifs is 3. The molecule has 4 aliphatic rings. The Kier molecular flexibility index (Phi) is 11.3. The number of hydrogen-bond donors (Lipinski definition) is 4. The summed E-state index contributed by atoms with van der Waals surface area (Å²) in [6.07, 6.45) is -0.597. The van der Waals surface area contributed by atoms with Gasteiger partial charge in [-0.15, -0.1) is 0 Å². The van der Waals surface area contributed by atoms with E-state index in [0.29, 0.717) is 47.0 Å². The Morgan fingerprint density at radius 1 is 0.836 bits per heavy atom. The third-order valence-electron chi connectivity index (χ3n) is 12.1. The van der Waals surface area contributed by atoms with Gasteiger partial charge in [-0.3, -0.25) is 19.3 Å². The average Bonchev–Trinajstić information content (AvgIpc) is 3.78. The van der Waals surface area contributed by atoms with E-state index in [0.717, 1.165) is 29.9 Å². The van der Waals surface area contributed by atoms with Gasteiger partial charge in [0.15, 0.2) is 0 Å². The fraction of sp³-hybridized carbons (Fsp3) is 0.286. The second-order valence-electron chi connectivity index (χ2n) is 15.5. The molecule has 61 heavy (non-hydrogen) atoms. The molecule has 0 aliphatic carbocycles. The lowest BCUT2D eigenvalue weighted by Crippen LogP contribution is -2.53. The number of carbonyl (C=O) groups is 3. The molecule has 2 amide bonds. The number of anilines is 3. The minimum absolute atomic E-state index is 0.0330. The number of cyclic esters (lactones) is 1. The standard InChI is InChI=1S/C49H46N4O8/c54-26-10-9-11-32-18-23-39-38(31-32)49(48(58)51-39)41(46(56)50-35-19-21-36(22-20-35)52-24-28-59-29-25-52)43-47(57)61-44(34-14-5-2-6-15-34)42(33-12-3-1-4-13-33)53(43)45(49)37-16-7-8-17-40(37)60-30-27-55/h1-8,12-23,31,41-45,54-55H,10,24-30H2,(H,50,56)(H,51,58). The summed E-state index contributed by atoms with van der Waals surface area (Å²) in [5.74, 6) is 3.46. The minimum atomic E-state index is -1.78. The van der Waals surface area contributed by atoms with Crippen molar-refractivity contribution >= 4 is 34.8 Å². The van der Waals surface area contributed by atoms with Gasteiger partial charge in [0.2, 0.25) is 11.8 Å². The highest BCUT2D eigenvalue weighted by Gasteiger charge is 2.74. The zero-order valence-electron chi connectivity index (χ0n) is 33.4. The summed E-state index contributed by atoms with van der Waals surface area (Å²) < 4.78 is 18.3. The van der Waals surface area contributed by atoms with Gasteiger partial charge in [-0.2, -0.15) is 0 Å². The first-order valence-corrected chi connectivity index (χ1v) is 20.6. The van der Waals surface area contributed by atoms with Gasteiger partial charge in [0.05, 0.1) is 44.4 Å². The van der Waals surface area contributed by atoms with Crippen molar-refractivity contribution in [3.05, 3.63) is 155 Å². The highest BCUT2D eigenvalue weighted by molar-refractivity contribution is 6.13. The maximum absolute atomic E-state index is 15.6. The Hall–Kier alpha value is -6.49. The van der Waals surface area contributed by atoms with Gasteiger partial charge in [-0.1, -0.05) is 90.7 Å². The van der Waals surface area contributed by atoms with Crippen LogP contribution in [0.1, 0.15) is 52.4 Å². The Morgan fingerprint density at radius 3 is 2.26 bits per heavy atom. The van der Waals surface area contributed by atoms with Crippen LogP contribution >= 0.6 is 0 Å². The van der Waals surface area contributed by atoms with Gasteiger partial charge >= 0.3 is 5.97 Å². The van der Waals surface area contributed by atoms with Crippen LogP contribution in [0.2, 0.25) is 0 Å². The Morgan fingerprint density at radius 2 is 1.54 bits per heavy atom. The number of nitrogens with zero attached hydrogens (tertiary/aromatic N) is 2. The molecule has 4 aliphatic heterocycles. The Labute approximate surface area is 354 Å². The number of ether oxygens (including phenoxy) is 3. The number of nitrogens with one attached hydrogen (secondary N) is 2. The highest BCUT2D eigenvalue weighted by atomic mass is 16.6. The second-order valence-corrected chi connectivity index (χ2v) is 15.5. The monoisotopic (exact) mass is 818 g/mol. The van der Waals surface area contributed by atoms with Crippen molar-refractivity contribution in [2.75, 3.05) is 61.7 Å². The predicted molar refractivity (Wildman–Crippen MR) is 229 cm³/mol. The third kappa shape index (κ3) is 7.19. The van der Waals surface area contributed by atoms with Crippen LogP contribution in [0.25, 0.3) is 0 Å². The number of esters is 1. The average molecular weight is 819 g/mol. The summed E-state index contributed by atoms with van der Waals surface area (Å²) in [5, 5.41) is 25.7. The molecule has 4 heterocycles. The molecule has 6 atom stereocenters. The lowest BCUT2D eigenvalue weighted by molar-refractivity contribution is -0.177. The fourth-order valence-electron chi connectivity index (χ4n) is 9.65. The summed E-state index contributed by atoms with van der Waals surface area (Å²) in [6, 6.07) is 36.4. The van der Waals surface area contributed by atoms with Gasteiger partial charge in [-0.25, -0.2) is 0 Å². The van der Waals surface area contributed by atoms with Crippen LogP contribution in [0.3, 0.4) is 0 Å². The van der Waals surface area contributed by atoms with E-state index >= 15 is 14.4 Å². The molecule has 5 aromatic carbocycles. The molecule has 310 valence electrons. The number of rotatable bonds is 10. The van der Waals surface area contributed by atoms with Gasteiger partial charge in [0.1, 0.15) is 29.9 Å². The fourth-order valence-corrected chi connectivity index (χ4v) is 9.65. The molecule has 4 N–H and O–H groups in total. The van der Waals surface area contributed by atoms with Crippen molar-refractivity contribution < 1.29 is 38.8 Å². The molecule has 1 spiro atoms. The number of morpholine rings is 2. The molecular formula is C49H46N4O8. The Bertz CT molecular complexity index is 2470. The minimum Gasteiger partial charge on any atom is -0.491 e. The van der Waals surface area contributed by atoms with E-state index in [1.54, 1.807) is 18.2 Å². The summed E-state index contributed by atoms with van der Waals surface area (Å²) in [5.41, 5.74) is 3.34. The number of aliphatic hydroxyl groups excluding tert-OH is 2. The van der Waals surface area contributed by atoms with Crippen molar-refractivity contribution in [1.82, 2.24) is 4.90 Å². The predicted octanol–water partition coefficient (Wildman–Crippen LogP) is 5.54. The first kappa shape index (κ1) is 39.9. The topological polar surface area (TPSA) is 150 Å². The smallest absolute Gasteiger partial charge is 0.324 e. The van der Waals surface area contributed by atoms with E-state index in [2.05, 4.69) is 27.4 Å². The lowest BCUT2D eigenvalue weighted by atomic mass is 9.65. The SMILES string of the molecule is O=C1OC(c2ccccc2)C(c2ccccc2)N2C1C(C(=O)Nc1ccc(N3CCOCC3)cc1)C1(C(=O)Nc3ccc(C#CCCO)cc31)C2c1ccccc1OCCO. The summed E-state index contributed by atoms with van der Waals surface area (Å²) >= 11 is 0. The zero-order valence-corrected chi connectivity index (χ0v) is 33.4. The molecular weight excluding hydrogens is 773 g/mol. The van der Waals surface area contributed by atoms with E-state index in [-0.39, 0.29) is 26.2 Å². The van der Waals surface area contributed by atoms with Crippen LogP contribution in [0.15, 0.2) is 127 Å². The largest absolute Gasteiger partial charge is 0.491 e. The lowest BCUT2D eigenvalue weighted by Gasteiger charge is -2.46. The van der Waals surface area contributed by atoms with Crippen LogP contribution in [-0.2, 0) is 29.3 Å². The van der Waals surface area contributed by atoms with Gasteiger partial charge in [0.25, 0.3) is 0 Å². The molecule has 0 saturated carbocycles. The number of aliphatic hydroxyl groups is 2. The quantitative estimate of drug-likeness (QED) is 0.105. The number of amides is 2. The third-order valence-corrected chi connectivity index (χ3v) is 12.1. The van der Waals surface area contributed by atoms with Gasteiger partial charge < -0.3 is 40.0 Å². The first-order valence-electron chi connectivity index (χ1n) is 20.6. The number of benzene rings is 5. The van der Waals surface area contributed by atoms with Crippen molar-refractivity contribution in [3.8, 4) is 17.6 Å². The van der Waals surface area contributed by atoms with Gasteiger partial charge in [0, 0.05) is 47.7 Å². The molecule has 5 aromatic rings. The van der Waals surface area contributed by atoms with Crippen LogP contribution in [0.4, 0.5) is 17.1 Å². The van der Waals surface area contributed by atoms with Gasteiger partial charge in [-0.05, 0) is 65.2 Å². The van der Waals surface area contributed by atoms with Crippen molar-refractivity contribution in [1.29, 1.82) is 0 Å². The molecule has 3 saturated heterocycles. The summed E-state index contributed by atoms with van der Waals surface area (Å²) in [4.78, 5) is 50.5. The normalized spacial score (nSPS) is 24.2. The molecule has 6 unspecified atom stereocenters. The molecule has 0 bridgehead atoms. The van der Waals surface area contributed by atoms with E-state index in [4.69, 9.17) is 14.2 Å². The van der Waals surface area contributed by atoms with Crippen LogP contribution < -0.4 is 20.3 Å². The van der Waals surface area contributed by atoms with Crippen molar-refractivity contribution in [2.24, 2.45) is 5.92 Å². The zero-order chi connectivity index (χ0) is 41.9. The Balaban J connectivity index is 1.29. The van der Waals surface area contributed by atoms with Crippen molar-refractivity contribution in [2.45, 2.75) is 36.1 Å². The summed E-state index contributed by atoms with van der Waals surface area (Å²) in [6.45, 7) is 2.32. The molecule has 12 heteroatoms. The number of hydrogen-bond acceptors (Lipinski definition) is 10.